The van der Waals surface area contributed by atoms with Gasteiger partial charge in [0, 0.05) is 42.4 Å². The number of nitrogens with one attached hydrogen (secondary N) is 1. The molecule has 0 saturated heterocycles. The Bertz CT molecular complexity index is 1970. The standard InChI is InChI=1S/C24H17F3N2O3.C8H8N2O/c1-11-16(9-13(23(28)30)10-17(11)26)15-7-8-18-19(21(15)27)20(24(31)29-2)22(32-18)12-3-5-14(25)6-4-12;1-2-8-10-6-5-9-4-3-7(6)11-8/h3-10H,1-2H3,(H2,28,30)(H,29,31);3-5H,2H2,1H3. The number of halogens is 3. The summed E-state index contributed by atoms with van der Waals surface area (Å²) in [7, 11) is 1.38. The van der Waals surface area contributed by atoms with Gasteiger partial charge in [0.1, 0.15) is 34.3 Å². The van der Waals surface area contributed by atoms with Crippen LogP contribution in [0, 0.1) is 24.4 Å². The number of rotatable bonds is 5. The molecule has 3 aromatic carbocycles. The van der Waals surface area contributed by atoms with Crippen molar-refractivity contribution < 1.29 is 31.6 Å². The predicted octanol–water partition coefficient (Wildman–Crippen LogP) is 6.74. The first kappa shape index (κ1) is 29.1. The molecule has 0 fully saturated rings. The Morgan fingerprint density at radius 3 is 2.35 bits per heavy atom. The molecule has 0 radical (unpaired) electrons. The number of aryl methyl sites for hydroxylation is 1. The lowest BCUT2D eigenvalue weighted by Crippen LogP contribution is -2.18. The van der Waals surface area contributed by atoms with Gasteiger partial charge < -0.3 is 19.9 Å². The van der Waals surface area contributed by atoms with Crippen molar-refractivity contribution in [2.75, 3.05) is 7.05 Å². The number of carbonyl (C=O) groups is 2. The fourth-order valence-corrected chi connectivity index (χ4v) is 4.58. The average molecular weight is 587 g/mol. The van der Waals surface area contributed by atoms with Gasteiger partial charge in [-0.2, -0.15) is 0 Å². The number of hydrogen-bond acceptors (Lipinski definition) is 6. The molecule has 3 N–H and O–H groups in total. The third kappa shape index (κ3) is 5.56. The Morgan fingerprint density at radius 1 is 0.953 bits per heavy atom. The van der Waals surface area contributed by atoms with Crippen LogP contribution >= 0.6 is 0 Å². The molecule has 0 atom stereocenters. The van der Waals surface area contributed by atoms with E-state index in [1.54, 1.807) is 12.4 Å². The summed E-state index contributed by atoms with van der Waals surface area (Å²) in [5.74, 6) is -2.68. The molecular formula is C32H25F3N4O4. The van der Waals surface area contributed by atoms with Crippen LogP contribution in [0.3, 0.4) is 0 Å². The Morgan fingerprint density at radius 2 is 1.70 bits per heavy atom. The minimum absolute atomic E-state index is 0.0337. The number of primary amides is 1. The zero-order valence-electron chi connectivity index (χ0n) is 23.3. The summed E-state index contributed by atoms with van der Waals surface area (Å²) in [4.78, 5) is 32.4. The van der Waals surface area contributed by atoms with Crippen molar-refractivity contribution >= 4 is 33.9 Å². The number of aromatic nitrogens is 2. The van der Waals surface area contributed by atoms with Crippen molar-refractivity contribution in [3.63, 3.8) is 0 Å². The van der Waals surface area contributed by atoms with Gasteiger partial charge in [-0.1, -0.05) is 6.92 Å². The highest BCUT2D eigenvalue weighted by atomic mass is 19.1. The molecule has 2 amide bonds. The lowest BCUT2D eigenvalue weighted by molar-refractivity contribution is 0.0962. The van der Waals surface area contributed by atoms with Gasteiger partial charge in [0.25, 0.3) is 5.91 Å². The number of hydrogen-bond donors (Lipinski definition) is 2. The number of amides is 2. The van der Waals surface area contributed by atoms with Gasteiger partial charge in [-0.3, -0.25) is 14.6 Å². The Hall–Kier alpha value is -5.45. The molecule has 3 heterocycles. The number of oxazole rings is 1. The van der Waals surface area contributed by atoms with Gasteiger partial charge in [-0.05, 0) is 66.6 Å². The number of fused-ring (bicyclic) bond motifs is 2. The maximum absolute atomic E-state index is 15.8. The van der Waals surface area contributed by atoms with Crippen molar-refractivity contribution in [1.29, 1.82) is 0 Å². The van der Waals surface area contributed by atoms with Crippen molar-refractivity contribution in [2.45, 2.75) is 20.3 Å². The molecule has 3 aromatic heterocycles. The summed E-state index contributed by atoms with van der Waals surface area (Å²) < 4.78 is 54.7. The molecule has 6 rings (SSSR count). The van der Waals surface area contributed by atoms with E-state index in [1.807, 2.05) is 13.0 Å². The van der Waals surface area contributed by atoms with E-state index in [2.05, 4.69) is 15.3 Å². The van der Waals surface area contributed by atoms with Crippen LogP contribution in [0.1, 0.15) is 39.1 Å². The maximum Gasteiger partial charge on any atom is 0.255 e. The zero-order valence-corrected chi connectivity index (χ0v) is 23.3. The normalized spacial score (nSPS) is 10.9. The van der Waals surface area contributed by atoms with Crippen LogP contribution in [0.2, 0.25) is 0 Å². The molecule has 218 valence electrons. The zero-order chi connectivity index (χ0) is 30.8. The van der Waals surface area contributed by atoms with Gasteiger partial charge in [-0.25, -0.2) is 18.2 Å². The van der Waals surface area contributed by atoms with Crippen LogP contribution in [-0.2, 0) is 6.42 Å². The summed E-state index contributed by atoms with van der Waals surface area (Å²) in [5, 5.41) is 2.33. The third-order valence-electron chi connectivity index (χ3n) is 6.81. The SMILES string of the molecule is CCc1nc2cnccc2o1.CNC(=O)c1c(-c2ccc(F)cc2)oc2ccc(-c3cc(C(N)=O)cc(F)c3C)c(F)c12. The molecule has 6 aromatic rings. The number of nitrogens with two attached hydrogens (primary N) is 1. The van der Waals surface area contributed by atoms with Crippen molar-refractivity contribution in [2.24, 2.45) is 5.73 Å². The second kappa shape index (κ2) is 11.8. The molecule has 0 aliphatic rings. The fourth-order valence-electron chi connectivity index (χ4n) is 4.58. The second-order valence-electron chi connectivity index (χ2n) is 9.49. The van der Waals surface area contributed by atoms with Crippen LogP contribution in [0.25, 0.3) is 44.5 Å². The number of pyridine rings is 1. The Labute approximate surface area is 243 Å². The number of furan rings is 1. The van der Waals surface area contributed by atoms with E-state index in [0.29, 0.717) is 5.56 Å². The van der Waals surface area contributed by atoms with Crippen molar-refractivity contribution in [3.8, 4) is 22.5 Å². The average Bonchev–Trinajstić information content (AvgIpc) is 3.61. The lowest BCUT2D eigenvalue weighted by atomic mass is 9.94. The van der Waals surface area contributed by atoms with Gasteiger partial charge in [-0.15, -0.1) is 0 Å². The number of carbonyl (C=O) groups excluding carboxylic acids is 2. The largest absolute Gasteiger partial charge is 0.455 e. The van der Waals surface area contributed by atoms with E-state index < -0.39 is 29.3 Å². The van der Waals surface area contributed by atoms with Gasteiger partial charge in [0.15, 0.2) is 11.5 Å². The van der Waals surface area contributed by atoms with E-state index in [4.69, 9.17) is 14.6 Å². The van der Waals surface area contributed by atoms with Gasteiger partial charge >= 0.3 is 0 Å². The first-order valence-corrected chi connectivity index (χ1v) is 13.2. The summed E-state index contributed by atoms with van der Waals surface area (Å²) >= 11 is 0. The molecule has 8 nitrogen and oxygen atoms in total. The van der Waals surface area contributed by atoms with E-state index in [0.717, 1.165) is 29.5 Å². The summed E-state index contributed by atoms with van der Waals surface area (Å²) in [6.07, 6.45) is 4.24. The van der Waals surface area contributed by atoms with Crippen LogP contribution in [0.15, 0.2) is 75.8 Å². The van der Waals surface area contributed by atoms with E-state index in [1.165, 1.54) is 56.4 Å². The molecule has 0 spiro atoms. The Kier molecular flexibility index (Phi) is 7.98. The number of benzene rings is 3. The molecule has 0 saturated carbocycles. The highest BCUT2D eigenvalue weighted by molar-refractivity contribution is 6.12. The van der Waals surface area contributed by atoms with Crippen LogP contribution in [0.4, 0.5) is 13.2 Å². The summed E-state index contributed by atoms with van der Waals surface area (Å²) in [6.45, 7) is 3.45. The molecular weight excluding hydrogens is 561 g/mol. The number of nitrogens with zero attached hydrogens (tertiary/aromatic N) is 2. The quantitative estimate of drug-likeness (QED) is 0.231. The smallest absolute Gasteiger partial charge is 0.255 e. The third-order valence-corrected chi connectivity index (χ3v) is 6.81. The van der Waals surface area contributed by atoms with Crippen LogP contribution in [-0.4, -0.2) is 28.8 Å². The Balaban J connectivity index is 0.000000279. The monoisotopic (exact) mass is 586 g/mol. The van der Waals surface area contributed by atoms with Gasteiger partial charge in [0.05, 0.1) is 17.1 Å². The minimum Gasteiger partial charge on any atom is -0.455 e. The minimum atomic E-state index is -0.861. The first-order chi connectivity index (χ1) is 20.6. The van der Waals surface area contributed by atoms with Crippen molar-refractivity contribution in [1.82, 2.24) is 15.3 Å². The topological polar surface area (TPSA) is 124 Å². The van der Waals surface area contributed by atoms with E-state index >= 15 is 4.39 Å². The molecule has 11 heteroatoms. The second-order valence-corrected chi connectivity index (χ2v) is 9.49. The van der Waals surface area contributed by atoms with Crippen LogP contribution in [0.5, 0.6) is 0 Å². The lowest BCUT2D eigenvalue weighted by Gasteiger charge is -2.11. The molecule has 0 bridgehead atoms. The van der Waals surface area contributed by atoms with E-state index in [-0.39, 0.29) is 44.5 Å². The molecule has 0 aliphatic carbocycles. The summed E-state index contributed by atoms with van der Waals surface area (Å²) in [5.41, 5.74) is 7.37. The van der Waals surface area contributed by atoms with Crippen LogP contribution < -0.4 is 11.1 Å². The molecule has 0 aliphatic heterocycles. The predicted molar refractivity (Wildman–Crippen MR) is 155 cm³/mol. The van der Waals surface area contributed by atoms with E-state index in [9.17, 15) is 18.4 Å². The fraction of sp³-hybridized carbons (Fsp3) is 0.125. The molecule has 43 heavy (non-hydrogen) atoms. The molecule has 0 unspecified atom stereocenters. The first-order valence-electron chi connectivity index (χ1n) is 13.2. The highest BCUT2D eigenvalue weighted by Gasteiger charge is 2.27. The highest BCUT2D eigenvalue weighted by Crippen LogP contribution is 2.39. The maximum atomic E-state index is 15.8. The van der Waals surface area contributed by atoms with Gasteiger partial charge in [0.2, 0.25) is 5.91 Å². The van der Waals surface area contributed by atoms with Crippen molar-refractivity contribution in [3.05, 3.63) is 107 Å². The summed E-state index contributed by atoms with van der Waals surface area (Å²) in [6, 6.07) is 12.1.